The van der Waals surface area contributed by atoms with Gasteiger partial charge in [-0.15, -0.1) is 0 Å². The zero-order valence-corrected chi connectivity index (χ0v) is 14.3. The molecule has 6 nitrogen and oxygen atoms in total. The molecule has 0 fully saturated rings. The Labute approximate surface area is 141 Å². The minimum Gasteiger partial charge on any atom is -0.454 e. The molecule has 0 atom stereocenters. The highest BCUT2D eigenvalue weighted by Crippen LogP contribution is 2.35. The van der Waals surface area contributed by atoms with Gasteiger partial charge in [-0.2, -0.15) is 0 Å². The smallest absolute Gasteiger partial charge is 0.252 e. The number of amides is 1. The average molecular weight is 327 g/mol. The van der Waals surface area contributed by atoms with E-state index in [0.717, 1.165) is 17.1 Å². The number of hydrogen-bond donors (Lipinski definition) is 1. The summed E-state index contributed by atoms with van der Waals surface area (Å²) >= 11 is 0. The van der Waals surface area contributed by atoms with Gasteiger partial charge in [0.25, 0.3) is 5.91 Å². The Morgan fingerprint density at radius 2 is 1.92 bits per heavy atom. The normalized spacial score (nSPS) is 12.8. The van der Waals surface area contributed by atoms with Crippen molar-refractivity contribution in [3.8, 4) is 11.5 Å². The molecule has 1 aliphatic heterocycles. The van der Waals surface area contributed by atoms with Crippen LogP contribution >= 0.6 is 0 Å². The molecule has 0 bridgehead atoms. The second-order valence-electron chi connectivity index (χ2n) is 6.44. The number of anilines is 1. The Balaban J connectivity index is 1.81. The lowest BCUT2D eigenvalue weighted by Crippen LogP contribution is -2.41. The summed E-state index contributed by atoms with van der Waals surface area (Å²) in [6.45, 7) is 4.14. The van der Waals surface area contributed by atoms with Gasteiger partial charge in [0, 0.05) is 25.9 Å². The summed E-state index contributed by atoms with van der Waals surface area (Å²) in [5.74, 6) is 2.02. The van der Waals surface area contributed by atoms with E-state index in [-0.39, 0.29) is 12.7 Å². The van der Waals surface area contributed by atoms with Gasteiger partial charge < -0.3 is 19.7 Å². The van der Waals surface area contributed by atoms with Crippen LogP contribution in [0.4, 0.5) is 5.82 Å². The first kappa shape index (κ1) is 16.1. The summed E-state index contributed by atoms with van der Waals surface area (Å²) < 4.78 is 10.7. The van der Waals surface area contributed by atoms with E-state index < -0.39 is 5.54 Å². The number of carbonyl (C=O) groups excluding carboxylic acids is 1. The van der Waals surface area contributed by atoms with Gasteiger partial charge in [0.05, 0.1) is 5.54 Å². The number of rotatable bonds is 4. The van der Waals surface area contributed by atoms with Crippen molar-refractivity contribution in [2.75, 3.05) is 25.8 Å². The largest absolute Gasteiger partial charge is 0.454 e. The van der Waals surface area contributed by atoms with Gasteiger partial charge in [-0.05, 0) is 43.7 Å². The number of fused-ring (bicyclic) bond motifs is 1. The Morgan fingerprint density at radius 1 is 1.17 bits per heavy atom. The number of nitrogens with one attached hydrogen (secondary N) is 1. The number of carbonyl (C=O) groups is 1. The van der Waals surface area contributed by atoms with Crippen LogP contribution in [0.5, 0.6) is 11.5 Å². The number of ether oxygens (including phenoxy) is 2. The molecule has 2 aromatic rings. The highest BCUT2D eigenvalue weighted by atomic mass is 16.7. The van der Waals surface area contributed by atoms with E-state index in [1.54, 1.807) is 18.3 Å². The van der Waals surface area contributed by atoms with Crippen LogP contribution in [0.1, 0.15) is 29.8 Å². The van der Waals surface area contributed by atoms with Gasteiger partial charge in [0.2, 0.25) is 6.79 Å². The number of pyridine rings is 1. The lowest BCUT2D eigenvalue weighted by atomic mass is 9.93. The fourth-order valence-electron chi connectivity index (χ4n) is 2.52. The molecule has 2 heterocycles. The van der Waals surface area contributed by atoms with Crippen molar-refractivity contribution in [3.05, 3.63) is 47.7 Å². The Bertz CT molecular complexity index is 772. The van der Waals surface area contributed by atoms with Gasteiger partial charge in [-0.3, -0.25) is 4.79 Å². The molecule has 0 saturated carbocycles. The second-order valence-corrected chi connectivity index (χ2v) is 6.44. The lowest BCUT2D eigenvalue weighted by molar-refractivity contribution is 0.0911. The fraction of sp³-hybridized carbons (Fsp3) is 0.333. The summed E-state index contributed by atoms with van der Waals surface area (Å²) in [6, 6.07) is 9.18. The zero-order chi connectivity index (χ0) is 17.3. The van der Waals surface area contributed by atoms with E-state index in [2.05, 4.69) is 10.3 Å². The fourth-order valence-corrected chi connectivity index (χ4v) is 2.52. The molecule has 0 saturated heterocycles. The summed E-state index contributed by atoms with van der Waals surface area (Å²) in [6.07, 6.45) is 1.64. The first-order valence-electron chi connectivity index (χ1n) is 7.73. The van der Waals surface area contributed by atoms with Gasteiger partial charge in [0.15, 0.2) is 11.5 Å². The number of aromatic nitrogens is 1. The Morgan fingerprint density at radius 3 is 2.67 bits per heavy atom. The Hall–Kier alpha value is -2.76. The van der Waals surface area contributed by atoms with Crippen LogP contribution in [0.3, 0.4) is 0 Å². The zero-order valence-electron chi connectivity index (χ0n) is 14.3. The molecule has 1 N–H and O–H groups in total. The predicted octanol–water partition coefficient (Wildman–Crippen LogP) is 2.54. The standard InChI is InChI=1S/C18H21N3O3/c1-18(2,13-5-6-14-15(10-13)24-11-23-14)20-17(22)12-7-8-19-16(9-12)21(3)4/h5-10H,11H2,1-4H3,(H,20,22). The first-order valence-corrected chi connectivity index (χ1v) is 7.73. The molecule has 6 heteroatoms. The summed E-state index contributed by atoms with van der Waals surface area (Å²) in [5.41, 5.74) is 0.962. The SMILES string of the molecule is CN(C)c1cc(C(=O)NC(C)(C)c2ccc3c(c2)OCO3)ccn1. The molecular weight excluding hydrogens is 306 g/mol. The summed E-state index contributed by atoms with van der Waals surface area (Å²) in [4.78, 5) is 18.7. The minimum atomic E-state index is -0.556. The van der Waals surface area contributed by atoms with Crippen LogP contribution in [0.15, 0.2) is 36.5 Å². The van der Waals surface area contributed by atoms with Crippen molar-refractivity contribution in [1.82, 2.24) is 10.3 Å². The van der Waals surface area contributed by atoms with Gasteiger partial charge in [-0.1, -0.05) is 6.07 Å². The van der Waals surface area contributed by atoms with Crippen molar-refractivity contribution in [2.24, 2.45) is 0 Å². The molecule has 0 aliphatic carbocycles. The molecule has 1 aromatic heterocycles. The molecule has 1 aliphatic rings. The van der Waals surface area contributed by atoms with Gasteiger partial charge >= 0.3 is 0 Å². The number of benzene rings is 1. The maximum absolute atomic E-state index is 12.6. The summed E-state index contributed by atoms with van der Waals surface area (Å²) in [5, 5.41) is 3.06. The van der Waals surface area contributed by atoms with Crippen LogP contribution in [0, 0.1) is 0 Å². The highest BCUT2D eigenvalue weighted by molar-refractivity contribution is 5.95. The lowest BCUT2D eigenvalue weighted by Gasteiger charge is -2.27. The van der Waals surface area contributed by atoms with Crippen molar-refractivity contribution in [2.45, 2.75) is 19.4 Å². The number of hydrogen-bond acceptors (Lipinski definition) is 5. The molecule has 1 aromatic carbocycles. The van der Waals surface area contributed by atoms with Gasteiger partial charge in [-0.25, -0.2) is 4.98 Å². The predicted molar refractivity (Wildman–Crippen MR) is 91.6 cm³/mol. The third-order valence-corrected chi connectivity index (χ3v) is 3.99. The van der Waals surface area contributed by atoms with Crippen LogP contribution < -0.4 is 19.7 Å². The van der Waals surface area contributed by atoms with E-state index in [0.29, 0.717) is 11.3 Å². The summed E-state index contributed by atoms with van der Waals surface area (Å²) in [7, 11) is 3.78. The second kappa shape index (κ2) is 6.03. The van der Waals surface area contributed by atoms with E-state index in [1.807, 2.05) is 51.0 Å². The molecule has 3 rings (SSSR count). The van der Waals surface area contributed by atoms with E-state index in [1.165, 1.54) is 0 Å². The molecule has 0 spiro atoms. The van der Waals surface area contributed by atoms with Crippen molar-refractivity contribution in [1.29, 1.82) is 0 Å². The monoisotopic (exact) mass is 327 g/mol. The first-order chi connectivity index (χ1) is 11.4. The van der Waals surface area contributed by atoms with E-state index in [9.17, 15) is 4.79 Å². The third-order valence-electron chi connectivity index (χ3n) is 3.99. The van der Waals surface area contributed by atoms with Crippen LogP contribution in [0.25, 0.3) is 0 Å². The molecule has 0 radical (unpaired) electrons. The quantitative estimate of drug-likeness (QED) is 0.935. The molecule has 0 unspecified atom stereocenters. The molecule has 126 valence electrons. The molecule has 1 amide bonds. The van der Waals surface area contributed by atoms with Crippen molar-refractivity contribution in [3.63, 3.8) is 0 Å². The molecular formula is C18H21N3O3. The topological polar surface area (TPSA) is 63.7 Å². The van der Waals surface area contributed by atoms with Crippen LogP contribution in [0.2, 0.25) is 0 Å². The third kappa shape index (κ3) is 3.13. The van der Waals surface area contributed by atoms with Crippen LogP contribution in [-0.4, -0.2) is 31.8 Å². The maximum atomic E-state index is 12.6. The van der Waals surface area contributed by atoms with Crippen molar-refractivity contribution < 1.29 is 14.3 Å². The minimum absolute atomic E-state index is 0.150. The van der Waals surface area contributed by atoms with Gasteiger partial charge in [0.1, 0.15) is 5.82 Å². The number of nitrogens with zero attached hydrogens (tertiary/aromatic N) is 2. The average Bonchev–Trinajstić information content (AvgIpc) is 3.02. The van der Waals surface area contributed by atoms with Crippen molar-refractivity contribution >= 4 is 11.7 Å². The maximum Gasteiger partial charge on any atom is 0.252 e. The highest BCUT2D eigenvalue weighted by Gasteiger charge is 2.26. The van der Waals surface area contributed by atoms with E-state index >= 15 is 0 Å². The van der Waals surface area contributed by atoms with Crippen LogP contribution in [-0.2, 0) is 5.54 Å². The van der Waals surface area contributed by atoms with E-state index in [4.69, 9.17) is 9.47 Å². The Kier molecular flexibility index (Phi) is 4.05. The molecule has 24 heavy (non-hydrogen) atoms.